The van der Waals surface area contributed by atoms with E-state index in [4.69, 9.17) is 5.26 Å². The minimum atomic E-state index is 0.443. The summed E-state index contributed by atoms with van der Waals surface area (Å²) in [5.41, 5.74) is 3.02. The standard InChI is InChI=1S/C16H11N3O/c17-9-15-14(2-1-6-18-15)10-19-7-5-13-8-12(11-20)3-4-16(13)19/h1-8,11H,10H2. The number of aromatic nitrogens is 2. The molecule has 2 aromatic heterocycles. The van der Waals surface area contributed by atoms with Gasteiger partial charge in [-0.15, -0.1) is 0 Å². The molecule has 0 bridgehead atoms. The average Bonchev–Trinajstić information content (AvgIpc) is 2.90. The zero-order valence-corrected chi connectivity index (χ0v) is 10.7. The van der Waals surface area contributed by atoms with E-state index in [9.17, 15) is 4.79 Å². The highest BCUT2D eigenvalue weighted by molar-refractivity contribution is 5.87. The highest BCUT2D eigenvalue weighted by atomic mass is 16.1. The van der Waals surface area contributed by atoms with Gasteiger partial charge in [-0.2, -0.15) is 5.26 Å². The Balaban J connectivity index is 2.03. The van der Waals surface area contributed by atoms with Crippen LogP contribution in [-0.2, 0) is 6.54 Å². The number of nitrogens with zero attached hydrogens (tertiary/aromatic N) is 3. The molecule has 0 unspecified atom stereocenters. The van der Waals surface area contributed by atoms with Crippen LogP contribution in [0.15, 0.2) is 48.8 Å². The maximum atomic E-state index is 10.8. The van der Waals surface area contributed by atoms with Crippen molar-refractivity contribution >= 4 is 17.2 Å². The molecule has 4 nitrogen and oxygen atoms in total. The first-order chi connectivity index (χ1) is 9.81. The number of carbonyl (C=O) groups is 1. The van der Waals surface area contributed by atoms with Gasteiger partial charge in [0.05, 0.1) is 6.54 Å². The third kappa shape index (κ3) is 2.06. The maximum Gasteiger partial charge on any atom is 0.150 e. The van der Waals surface area contributed by atoms with Crippen molar-refractivity contribution in [3.8, 4) is 6.07 Å². The van der Waals surface area contributed by atoms with Gasteiger partial charge in [0, 0.05) is 34.4 Å². The van der Waals surface area contributed by atoms with E-state index < -0.39 is 0 Å². The Morgan fingerprint density at radius 3 is 3.00 bits per heavy atom. The van der Waals surface area contributed by atoms with Gasteiger partial charge in [0.2, 0.25) is 0 Å². The first-order valence-corrected chi connectivity index (χ1v) is 6.20. The molecule has 0 amide bonds. The van der Waals surface area contributed by atoms with Gasteiger partial charge in [0.25, 0.3) is 0 Å². The molecule has 0 aliphatic carbocycles. The molecule has 0 N–H and O–H groups in total. The molecule has 0 aliphatic rings. The molecular formula is C16H11N3O. The molecule has 4 heteroatoms. The molecule has 0 aliphatic heterocycles. The van der Waals surface area contributed by atoms with E-state index in [2.05, 4.69) is 11.1 Å². The molecule has 96 valence electrons. The van der Waals surface area contributed by atoms with Crippen molar-refractivity contribution < 1.29 is 4.79 Å². The van der Waals surface area contributed by atoms with Crippen molar-refractivity contribution in [1.29, 1.82) is 5.26 Å². The molecule has 1 aromatic carbocycles. The number of aldehydes is 1. The van der Waals surface area contributed by atoms with Crippen molar-refractivity contribution in [2.24, 2.45) is 0 Å². The van der Waals surface area contributed by atoms with Gasteiger partial charge in [-0.1, -0.05) is 6.07 Å². The Labute approximate surface area is 115 Å². The van der Waals surface area contributed by atoms with Gasteiger partial charge < -0.3 is 4.57 Å². The number of pyridine rings is 1. The van der Waals surface area contributed by atoms with Crippen molar-refractivity contribution in [1.82, 2.24) is 9.55 Å². The van der Waals surface area contributed by atoms with E-state index in [1.807, 2.05) is 41.1 Å². The highest BCUT2D eigenvalue weighted by Crippen LogP contribution is 2.19. The average molecular weight is 261 g/mol. The Kier molecular flexibility index (Phi) is 3.02. The lowest BCUT2D eigenvalue weighted by Gasteiger charge is -2.06. The van der Waals surface area contributed by atoms with E-state index in [0.717, 1.165) is 22.8 Å². The van der Waals surface area contributed by atoms with Crippen LogP contribution in [0.25, 0.3) is 10.9 Å². The molecule has 0 spiro atoms. The molecule has 3 aromatic rings. The predicted molar refractivity (Wildman–Crippen MR) is 75.4 cm³/mol. The first kappa shape index (κ1) is 12.1. The second-order valence-electron chi connectivity index (χ2n) is 4.50. The van der Waals surface area contributed by atoms with Gasteiger partial charge in [-0.25, -0.2) is 4.98 Å². The summed E-state index contributed by atoms with van der Waals surface area (Å²) in [5.74, 6) is 0. The van der Waals surface area contributed by atoms with Crippen molar-refractivity contribution in [3.63, 3.8) is 0 Å². The summed E-state index contributed by atoms with van der Waals surface area (Å²) in [4.78, 5) is 14.8. The van der Waals surface area contributed by atoms with Crippen molar-refractivity contribution in [3.05, 3.63) is 65.6 Å². The third-order valence-corrected chi connectivity index (χ3v) is 3.27. The molecule has 0 saturated heterocycles. The Hall–Kier alpha value is -2.93. The summed E-state index contributed by atoms with van der Waals surface area (Å²) in [6.07, 6.45) is 4.41. The van der Waals surface area contributed by atoms with Gasteiger partial charge in [-0.05, 0) is 30.3 Å². The molecule has 0 saturated carbocycles. The number of rotatable bonds is 3. The summed E-state index contributed by atoms with van der Waals surface area (Å²) in [5, 5.41) is 10.1. The quantitative estimate of drug-likeness (QED) is 0.681. The zero-order chi connectivity index (χ0) is 13.9. The third-order valence-electron chi connectivity index (χ3n) is 3.27. The lowest BCUT2D eigenvalue weighted by molar-refractivity contribution is 0.112. The number of benzene rings is 1. The minimum absolute atomic E-state index is 0.443. The van der Waals surface area contributed by atoms with Crippen LogP contribution in [0.4, 0.5) is 0 Å². The molecule has 2 heterocycles. The van der Waals surface area contributed by atoms with Crippen LogP contribution in [0.3, 0.4) is 0 Å². The summed E-state index contributed by atoms with van der Waals surface area (Å²) in [6, 6.07) is 13.4. The van der Waals surface area contributed by atoms with Crippen LogP contribution in [0.1, 0.15) is 21.6 Å². The number of nitriles is 1. The van der Waals surface area contributed by atoms with Gasteiger partial charge >= 0.3 is 0 Å². The van der Waals surface area contributed by atoms with Crippen LogP contribution >= 0.6 is 0 Å². The normalized spacial score (nSPS) is 10.3. The van der Waals surface area contributed by atoms with Gasteiger partial charge in [0.1, 0.15) is 18.0 Å². The SMILES string of the molecule is N#Cc1ncccc1Cn1ccc2cc(C=O)ccc21. The Morgan fingerprint density at radius 2 is 2.20 bits per heavy atom. The summed E-state index contributed by atoms with van der Waals surface area (Å²) in [6.45, 7) is 0.584. The van der Waals surface area contributed by atoms with Crippen molar-refractivity contribution in [2.45, 2.75) is 6.54 Å². The Bertz CT molecular complexity index is 827. The molecule has 0 fully saturated rings. The second-order valence-corrected chi connectivity index (χ2v) is 4.50. The second kappa shape index (κ2) is 4.98. The maximum absolute atomic E-state index is 10.8. The topological polar surface area (TPSA) is 58.7 Å². The number of hydrogen-bond donors (Lipinski definition) is 0. The lowest BCUT2D eigenvalue weighted by atomic mass is 10.1. The number of carbonyl (C=O) groups excluding carboxylic acids is 1. The van der Waals surface area contributed by atoms with E-state index in [-0.39, 0.29) is 0 Å². The monoisotopic (exact) mass is 261 g/mol. The first-order valence-electron chi connectivity index (χ1n) is 6.20. The summed E-state index contributed by atoms with van der Waals surface area (Å²) in [7, 11) is 0. The van der Waals surface area contributed by atoms with Crippen LogP contribution in [0.2, 0.25) is 0 Å². The van der Waals surface area contributed by atoms with Crippen LogP contribution in [-0.4, -0.2) is 15.8 Å². The zero-order valence-electron chi connectivity index (χ0n) is 10.7. The lowest BCUT2D eigenvalue weighted by Crippen LogP contribution is -2.01. The highest BCUT2D eigenvalue weighted by Gasteiger charge is 2.06. The predicted octanol–water partition coefficient (Wildman–Crippen LogP) is 2.77. The van der Waals surface area contributed by atoms with Crippen molar-refractivity contribution in [2.75, 3.05) is 0 Å². The molecule has 0 atom stereocenters. The molecule has 3 rings (SSSR count). The van der Waals surface area contributed by atoms with Crippen LogP contribution < -0.4 is 0 Å². The fourth-order valence-corrected chi connectivity index (χ4v) is 2.28. The fourth-order valence-electron chi connectivity index (χ4n) is 2.28. The van der Waals surface area contributed by atoms with Gasteiger partial charge in [-0.3, -0.25) is 4.79 Å². The van der Waals surface area contributed by atoms with Crippen LogP contribution in [0, 0.1) is 11.3 Å². The van der Waals surface area contributed by atoms with E-state index in [1.54, 1.807) is 12.3 Å². The molecule has 0 radical (unpaired) electrons. The Morgan fingerprint density at radius 1 is 1.30 bits per heavy atom. The number of hydrogen-bond acceptors (Lipinski definition) is 3. The van der Waals surface area contributed by atoms with E-state index >= 15 is 0 Å². The number of fused-ring (bicyclic) bond motifs is 1. The minimum Gasteiger partial charge on any atom is -0.343 e. The van der Waals surface area contributed by atoms with E-state index in [0.29, 0.717) is 17.8 Å². The fraction of sp³-hybridized carbons (Fsp3) is 0.0625. The molecular weight excluding hydrogens is 250 g/mol. The smallest absolute Gasteiger partial charge is 0.150 e. The summed E-state index contributed by atoms with van der Waals surface area (Å²) < 4.78 is 2.04. The molecule has 20 heavy (non-hydrogen) atoms. The van der Waals surface area contributed by atoms with Gasteiger partial charge in [0.15, 0.2) is 0 Å². The van der Waals surface area contributed by atoms with Crippen LogP contribution in [0.5, 0.6) is 0 Å². The largest absolute Gasteiger partial charge is 0.343 e. The summed E-state index contributed by atoms with van der Waals surface area (Å²) >= 11 is 0. The van der Waals surface area contributed by atoms with E-state index in [1.165, 1.54) is 0 Å².